The summed E-state index contributed by atoms with van der Waals surface area (Å²) in [5.74, 6) is 0.325. The summed E-state index contributed by atoms with van der Waals surface area (Å²) in [5, 5.41) is 16.6. The van der Waals surface area contributed by atoms with Gasteiger partial charge in [0.2, 0.25) is 0 Å². The van der Waals surface area contributed by atoms with Crippen LogP contribution in [0.1, 0.15) is 48.2 Å². The van der Waals surface area contributed by atoms with Gasteiger partial charge in [-0.3, -0.25) is 15.0 Å². The molecule has 0 aliphatic heterocycles. The molecule has 2 heterocycles. The molecular weight excluding hydrogens is 242 g/mol. The molecule has 6 heteroatoms. The van der Waals surface area contributed by atoms with E-state index in [0.717, 1.165) is 11.4 Å². The Balaban J connectivity index is 2.18. The van der Waals surface area contributed by atoms with Gasteiger partial charge < -0.3 is 5.32 Å². The van der Waals surface area contributed by atoms with Gasteiger partial charge in [0.05, 0.1) is 11.3 Å². The lowest BCUT2D eigenvalue weighted by atomic mass is 9.92. The van der Waals surface area contributed by atoms with Gasteiger partial charge in [-0.15, -0.1) is 0 Å². The number of aromatic nitrogens is 4. The van der Waals surface area contributed by atoms with Gasteiger partial charge >= 0.3 is 0 Å². The van der Waals surface area contributed by atoms with Crippen LogP contribution < -0.4 is 5.32 Å². The lowest BCUT2D eigenvalue weighted by molar-refractivity contribution is 0.102. The Hall–Kier alpha value is -2.11. The molecule has 0 spiro atoms. The highest BCUT2D eigenvalue weighted by molar-refractivity contribution is 6.05. The molecule has 0 bridgehead atoms. The number of carbonyl (C=O) groups is 1. The Kier molecular flexibility index (Phi) is 3.18. The van der Waals surface area contributed by atoms with E-state index in [2.05, 4.69) is 46.5 Å². The molecule has 0 fully saturated rings. The lowest BCUT2D eigenvalue weighted by Crippen LogP contribution is -2.14. The van der Waals surface area contributed by atoms with Crippen LogP contribution in [0.4, 0.5) is 5.82 Å². The van der Waals surface area contributed by atoms with E-state index in [1.165, 1.54) is 0 Å². The van der Waals surface area contributed by atoms with Gasteiger partial charge in [0.25, 0.3) is 5.91 Å². The number of rotatable bonds is 2. The number of nitrogens with zero attached hydrogens (tertiary/aromatic N) is 2. The summed E-state index contributed by atoms with van der Waals surface area (Å²) in [6.07, 6.45) is 0. The molecule has 2 rings (SSSR count). The Morgan fingerprint density at radius 1 is 1.21 bits per heavy atom. The second-order valence-electron chi connectivity index (χ2n) is 5.68. The van der Waals surface area contributed by atoms with Gasteiger partial charge in [-0.2, -0.15) is 10.2 Å². The van der Waals surface area contributed by atoms with Gasteiger partial charge in [-0.1, -0.05) is 20.8 Å². The fourth-order valence-electron chi connectivity index (χ4n) is 1.83. The first-order chi connectivity index (χ1) is 8.79. The molecule has 0 unspecified atom stereocenters. The molecule has 2 aromatic heterocycles. The number of H-pyrrole nitrogens is 2. The first-order valence-corrected chi connectivity index (χ1v) is 6.18. The molecular formula is C13H19N5O. The van der Waals surface area contributed by atoms with Crippen molar-refractivity contribution in [3.05, 3.63) is 28.7 Å². The summed E-state index contributed by atoms with van der Waals surface area (Å²) < 4.78 is 0. The zero-order chi connectivity index (χ0) is 14.2. The van der Waals surface area contributed by atoms with Crippen molar-refractivity contribution in [2.75, 3.05) is 5.32 Å². The number of aryl methyl sites for hydroxylation is 2. The maximum absolute atomic E-state index is 12.2. The number of aromatic amines is 2. The van der Waals surface area contributed by atoms with Crippen LogP contribution in [0.5, 0.6) is 0 Å². The van der Waals surface area contributed by atoms with E-state index in [1.54, 1.807) is 6.92 Å². The minimum atomic E-state index is -0.198. The second-order valence-corrected chi connectivity index (χ2v) is 5.68. The summed E-state index contributed by atoms with van der Waals surface area (Å²) in [6, 6.07) is 1.85. The number of amides is 1. The van der Waals surface area contributed by atoms with Crippen molar-refractivity contribution in [1.29, 1.82) is 0 Å². The highest BCUT2D eigenvalue weighted by Crippen LogP contribution is 2.22. The SMILES string of the molecule is Cc1n[nH]c(C)c1C(=O)Nc1cc(C(C)(C)C)[nH]n1. The van der Waals surface area contributed by atoms with Crippen molar-refractivity contribution in [3.8, 4) is 0 Å². The predicted octanol–water partition coefficient (Wildman–Crippen LogP) is 2.30. The smallest absolute Gasteiger partial charge is 0.260 e. The topological polar surface area (TPSA) is 86.5 Å². The zero-order valence-corrected chi connectivity index (χ0v) is 11.9. The van der Waals surface area contributed by atoms with E-state index >= 15 is 0 Å². The molecule has 0 aromatic carbocycles. The van der Waals surface area contributed by atoms with Crippen LogP contribution in [-0.4, -0.2) is 26.3 Å². The highest BCUT2D eigenvalue weighted by atomic mass is 16.1. The van der Waals surface area contributed by atoms with Crippen molar-refractivity contribution < 1.29 is 4.79 Å². The van der Waals surface area contributed by atoms with E-state index in [0.29, 0.717) is 17.1 Å². The van der Waals surface area contributed by atoms with Crippen molar-refractivity contribution in [3.63, 3.8) is 0 Å². The summed E-state index contributed by atoms with van der Waals surface area (Å²) >= 11 is 0. The molecule has 0 aliphatic carbocycles. The molecule has 6 nitrogen and oxygen atoms in total. The molecule has 0 radical (unpaired) electrons. The minimum Gasteiger partial charge on any atom is -0.305 e. The second kappa shape index (κ2) is 4.53. The Bertz CT molecular complexity index is 583. The van der Waals surface area contributed by atoms with E-state index in [1.807, 2.05) is 13.0 Å². The van der Waals surface area contributed by atoms with Gasteiger partial charge in [0.1, 0.15) is 0 Å². The maximum Gasteiger partial charge on any atom is 0.260 e. The number of nitrogens with one attached hydrogen (secondary N) is 3. The van der Waals surface area contributed by atoms with Crippen molar-refractivity contribution >= 4 is 11.7 Å². The molecule has 3 N–H and O–H groups in total. The van der Waals surface area contributed by atoms with Crippen LogP contribution in [0, 0.1) is 13.8 Å². The van der Waals surface area contributed by atoms with Crippen molar-refractivity contribution in [1.82, 2.24) is 20.4 Å². The van der Waals surface area contributed by atoms with Gasteiger partial charge in [0, 0.05) is 22.9 Å². The molecule has 2 aromatic rings. The van der Waals surface area contributed by atoms with Crippen LogP contribution in [0.15, 0.2) is 6.07 Å². The van der Waals surface area contributed by atoms with Crippen molar-refractivity contribution in [2.45, 2.75) is 40.0 Å². The van der Waals surface area contributed by atoms with Crippen LogP contribution in [-0.2, 0) is 5.41 Å². The fraction of sp³-hybridized carbons (Fsp3) is 0.462. The van der Waals surface area contributed by atoms with Gasteiger partial charge in [0.15, 0.2) is 5.82 Å². The number of hydrogen-bond donors (Lipinski definition) is 3. The van der Waals surface area contributed by atoms with Crippen LogP contribution in [0.25, 0.3) is 0 Å². The minimum absolute atomic E-state index is 0.0303. The van der Waals surface area contributed by atoms with E-state index in [-0.39, 0.29) is 11.3 Å². The summed E-state index contributed by atoms with van der Waals surface area (Å²) in [4.78, 5) is 12.2. The Labute approximate surface area is 112 Å². The average Bonchev–Trinajstić information content (AvgIpc) is 2.85. The third kappa shape index (κ3) is 2.67. The van der Waals surface area contributed by atoms with Gasteiger partial charge in [-0.25, -0.2) is 0 Å². The lowest BCUT2D eigenvalue weighted by Gasteiger charge is -2.14. The number of carbonyl (C=O) groups excluding carboxylic acids is 1. The molecule has 0 atom stereocenters. The van der Waals surface area contributed by atoms with Crippen LogP contribution >= 0.6 is 0 Å². The molecule has 0 saturated carbocycles. The average molecular weight is 261 g/mol. The summed E-state index contributed by atoms with van der Waals surface area (Å²) in [6.45, 7) is 9.85. The quantitative estimate of drug-likeness (QED) is 0.775. The maximum atomic E-state index is 12.2. The highest BCUT2D eigenvalue weighted by Gasteiger charge is 2.19. The normalized spacial score (nSPS) is 11.6. The number of hydrogen-bond acceptors (Lipinski definition) is 3. The van der Waals surface area contributed by atoms with E-state index < -0.39 is 0 Å². The predicted molar refractivity (Wildman–Crippen MR) is 73.3 cm³/mol. The summed E-state index contributed by atoms with van der Waals surface area (Å²) in [5.41, 5.74) is 2.95. The first kappa shape index (κ1) is 13.3. The molecule has 1 amide bonds. The Morgan fingerprint density at radius 3 is 2.37 bits per heavy atom. The van der Waals surface area contributed by atoms with Crippen LogP contribution in [0.3, 0.4) is 0 Å². The van der Waals surface area contributed by atoms with E-state index in [4.69, 9.17) is 0 Å². The van der Waals surface area contributed by atoms with E-state index in [9.17, 15) is 4.79 Å². The molecule has 19 heavy (non-hydrogen) atoms. The van der Waals surface area contributed by atoms with Gasteiger partial charge in [-0.05, 0) is 13.8 Å². The third-order valence-corrected chi connectivity index (χ3v) is 2.98. The zero-order valence-electron chi connectivity index (χ0n) is 11.9. The fourth-order valence-corrected chi connectivity index (χ4v) is 1.83. The molecule has 102 valence electrons. The largest absolute Gasteiger partial charge is 0.305 e. The molecule has 0 aliphatic rings. The number of anilines is 1. The monoisotopic (exact) mass is 261 g/mol. The van der Waals surface area contributed by atoms with Crippen molar-refractivity contribution in [2.24, 2.45) is 0 Å². The summed E-state index contributed by atoms with van der Waals surface area (Å²) in [7, 11) is 0. The standard InChI is InChI=1S/C13H19N5O/c1-7-11(8(2)16-15-7)12(19)14-10-6-9(17-18-10)13(3,4)5/h6H,1-5H3,(H,15,16)(H2,14,17,18,19). The first-order valence-electron chi connectivity index (χ1n) is 6.18. The van der Waals surface area contributed by atoms with Crippen LogP contribution in [0.2, 0.25) is 0 Å². The third-order valence-electron chi connectivity index (χ3n) is 2.98. The Morgan fingerprint density at radius 2 is 1.89 bits per heavy atom. The molecule has 0 saturated heterocycles.